The number of benzene rings is 2. The second kappa shape index (κ2) is 7.59. The Morgan fingerprint density at radius 2 is 2.00 bits per heavy atom. The van der Waals surface area contributed by atoms with Gasteiger partial charge in [0.2, 0.25) is 11.8 Å². The highest BCUT2D eigenvalue weighted by Gasteiger charge is 2.37. The van der Waals surface area contributed by atoms with E-state index in [-0.39, 0.29) is 30.0 Å². The maximum Gasteiger partial charge on any atom is 0.228 e. The summed E-state index contributed by atoms with van der Waals surface area (Å²) < 4.78 is 13.6. The van der Waals surface area contributed by atoms with E-state index in [9.17, 15) is 14.0 Å². The van der Waals surface area contributed by atoms with Gasteiger partial charge < -0.3 is 14.8 Å². The number of H-pyrrole nitrogens is 1. The van der Waals surface area contributed by atoms with Crippen LogP contribution in [0.2, 0.25) is 0 Å². The quantitative estimate of drug-likeness (QED) is 0.724. The van der Waals surface area contributed by atoms with E-state index in [1.54, 1.807) is 11.0 Å². The number of nitrogens with zero attached hydrogens (tertiary/aromatic N) is 2. The molecule has 0 bridgehead atoms. The molecular weight excluding hydrogens is 381 g/mol. The summed E-state index contributed by atoms with van der Waals surface area (Å²) in [6.45, 7) is 2.34. The largest absolute Gasteiger partial charge is 0.361 e. The molecule has 2 aliphatic heterocycles. The molecule has 1 atom stereocenters. The summed E-state index contributed by atoms with van der Waals surface area (Å²) in [7, 11) is 0. The number of fused-ring (bicyclic) bond motifs is 2. The van der Waals surface area contributed by atoms with Gasteiger partial charge in [-0.1, -0.05) is 24.3 Å². The molecular formula is C24H24FN3O2. The van der Waals surface area contributed by atoms with E-state index in [2.05, 4.69) is 17.1 Å². The van der Waals surface area contributed by atoms with Gasteiger partial charge in [-0.2, -0.15) is 0 Å². The van der Waals surface area contributed by atoms with E-state index >= 15 is 0 Å². The molecule has 3 heterocycles. The van der Waals surface area contributed by atoms with Crippen molar-refractivity contribution in [1.82, 2.24) is 14.8 Å². The number of nitrogens with one attached hydrogen (secondary N) is 1. The number of halogens is 1. The maximum absolute atomic E-state index is 13.6. The first kappa shape index (κ1) is 18.9. The molecule has 2 aliphatic rings. The predicted octanol–water partition coefficient (Wildman–Crippen LogP) is 3.28. The van der Waals surface area contributed by atoms with Gasteiger partial charge in [0.25, 0.3) is 0 Å². The van der Waals surface area contributed by atoms with E-state index in [0.29, 0.717) is 32.6 Å². The van der Waals surface area contributed by atoms with Crippen LogP contribution in [-0.4, -0.2) is 46.2 Å². The van der Waals surface area contributed by atoms with Crippen molar-refractivity contribution in [2.75, 3.05) is 19.6 Å². The Morgan fingerprint density at radius 3 is 2.87 bits per heavy atom. The van der Waals surface area contributed by atoms with Crippen LogP contribution in [-0.2, 0) is 29.0 Å². The summed E-state index contributed by atoms with van der Waals surface area (Å²) >= 11 is 0. The molecule has 0 aliphatic carbocycles. The number of rotatable bonds is 4. The standard InChI is InChI=1S/C24H24FN3O2/c25-20-5-6-22-21(12-20)17(13-26-22)8-9-27-15-19(11-23(27)29)24(30)28-10-7-16-3-1-2-4-18(16)14-28/h1-6,12-13,19,26H,7-11,14-15H2/t19-/m0/s1. The zero-order valence-electron chi connectivity index (χ0n) is 16.7. The van der Waals surface area contributed by atoms with Crippen molar-refractivity contribution in [3.63, 3.8) is 0 Å². The average Bonchev–Trinajstić information content (AvgIpc) is 3.34. The van der Waals surface area contributed by atoms with Crippen LogP contribution in [0.3, 0.4) is 0 Å². The van der Waals surface area contributed by atoms with Crippen molar-refractivity contribution < 1.29 is 14.0 Å². The van der Waals surface area contributed by atoms with Crippen LogP contribution in [0, 0.1) is 11.7 Å². The molecule has 1 N–H and O–H groups in total. The third-order valence-electron chi connectivity index (χ3n) is 6.39. The number of hydrogen-bond acceptors (Lipinski definition) is 2. The number of likely N-dealkylation sites (tertiary alicyclic amines) is 1. The van der Waals surface area contributed by atoms with Gasteiger partial charge in [0, 0.05) is 49.7 Å². The van der Waals surface area contributed by atoms with Crippen LogP contribution in [0.5, 0.6) is 0 Å². The lowest BCUT2D eigenvalue weighted by molar-refractivity contribution is -0.136. The molecule has 0 radical (unpaired) electrons. The van der Waals surface area contributed by atoms with Crippen molar-refractivity contribution in [2.24, 2.45) is 5.92 Å². The Bertz CT molecular complexity index is 1120. The Balaban J connectivity index is 1.22. The van der Waals surface area contributed by atoms with Crippen molar-refractivity contribution in [1.29, 1.82) is 0 Å². The highest BCUT2D eigenvalue weighted by atomic mass is 19.1. The van der Waals surface area contributed by atoms with Crippen LogP contribution in [0.1, 0.15) is 23.1 Å². The van der Waals surface area contributed by atoms with Gasteiger partial charge in [-0.3, -0.25) is 9.59 Å². The molecule has 6 heteroatoms. The van der Waals surface area contributed by atoms with Crippen LogP contribution in [0.4, 0.5) is 4.39 Å². The number of hydrogen-bond donors (Lipinski definition) is 1. The van der Waals surface area contributed by atoms with Gasteiger partial charge >= 0.3 is 0 Å². The summed E-state index contributed by atoms with van der Waals surface area (Å²) in [5.41, 5.74) is 4.38. The predicted molar refractivity (Wildman–Crippen MR) is 112 cm³/mol. The van der Waals surface area contributed by atoms with Crippen molar-refractivity contribution in [2.45, 2.75) is 25.8 Å². The second-order valence-electron chi connectivity index (χ2n) is 8.27. The molecule has 0 saturated carbocycles. The zero-order valence-corrected chi connectivity index (χ0v) is 16.7. The van der Waals surface area contributed by atoms with Gasteiger partial charge in [0.15, 0.2) is 0 Å². The average molecular weight is 405 g/mol. The minimum Gasteiger partial charge on any atom is -0.361 e. The fourth-order valence-electron chi connectivity index (χ4n) is 4.71. The van der Waals surface area contributed by atoms with Crippen molar-refractivity contribution in [3.8, 4) is 0 Å². The normalized spacial score (nSPS) is 18.8. The monoisotopic (exact) mass is 405 g/mol. The molecule has 1 aromatic heterocycles. The van der Waals surface area contributed by atoms with Gasteiger partial charge in [-0.05, 0) is 47.7 Å². The fourth-order valence-corrected chi connectivity index (χ4v) is 4.71. The number of carbonyl (C=O) groups excluding carboxylic acids is 2. The Kier molecular flexibility index (Phi) is 4.77. The molecule has 154 valence electrons. The van der Waals surface area contributed by atoms with Gasteiger partial charge in [0.05, 0.1) is 5.92 Å². The van der Waals surface area contributed by atoms with Crippen molar-refractivity contribution >= 4 is 22.7 Å². The third-order valence-corrected chi connectivity index (χ3v) is 6.39. The third kappa shape index (κ3) is 3.47. The topological polar surface area (TPSA) is 56.4 Å². The second-order valence-corrected chi connectivity index (χ2v) is 8.27. The van der Waals surface area contributed by atoms with Gasteiger partial charge in [0.1, 0.15) is 5.82 Å². The molecule has 5 rings (SSSR count). The maximum atomic E-state index is 13.6. The fraction of sp³-hybridized carbons (Fsp3) is 0.333. The van der Waals surface area contributed by atoms with Crippen LogP contribution in [0.15, 0.2) is 48.7 Å². The van der Waals surface area contributed by atoms with Crippen LogP contribution >= 0.6 is 0 Å². The van der Waals surface area contributed by atoms with E-state index < -0.39 is 0 Å². The van der Waals surface area contributed by atoms with E-state index in [4.69, 9.17) is 0 Å². The molecule has 1 saturated heterocycles. The lowest BCUT2D eigenvalue weighted by Gasteiger charge is -2.30. The molecule has 3 aromatic rings. The lowest BCUT2D eigenvalue weighted by Crippen LogP contribution is -2.40. The molecule has 1 fully saturated rings. The van der Waals surface area contributed by atoms with E-state index in [1.165, 1.54) is 23.3 Å². The van der Waals surface area contributed by atoms with Gasteiger partial charge in [-0.15, -0.1) is 0 Å². The molecule has 0 unspecified atom stereocenters. The summed E-state index contributed by atoms with van der Waals surface area (Å²) in [6.07, 6.45) is 3.65. The molecule has 2 amide bonds. The number of aromatic amines is 1. The molecule has 30 heavy (non-hydrogen) atoms. The van der Waals surface area contributed by atoms with Crippen LogP contribution < -0.4 is 0 Å². The van der Waals surface area contributed by atoms with E-state index in [0.717, 1.165) is 22.9 Å². The smallest absolute Gasteiger partial charge is 0.228 e. The minimum absolute atomic E-state index is 0.0248. The Hall–Kier alpha value is -3.15. The zero-order chi connectivity index (χ0) is 20.7. The number of aromatic nitrogens is 1. The van der Waals surface area contributed by atoms with Gasteiger partial charge in [-0.25, -0.2) is 4.39 Å². The summed E-state index contributed by atoms with van der Waals surface area (Å²) in [5, 5.41) is 0.848. The van der Waals surface area contributed by atoms with Crippen molar-refractivity contribution in [3.05, 3.63) is 71.2 Å². The highest BCUT2D eigenvalue weighted by Crippen LogP contribution is 2.26. The summed E-state index contributed by atoms with van der Waals surface area (Å²) in [6, 6.07) is 12.9. The molecule has 0 spiro atoms. The Morgan fingerprint density at radius 1 is 1.17 bits per heavy atom. The molecule has 2 aromatic carbocycles. The Labute approximate surface area is 174 Å². The number of carbonyl (C=O) groups is 2. The van der Waals surface area contributed by atoms with Crippen LogP contribution in [0.25, 0.3) is 10.9 Å². The SMILES string of the molecule is O=C1C[C@H](C(=O)N2CCc3ccccc3C2)CN1CCc1c[nH]c2ccc(F)cc12. The first-order chi connectivity index (χ1) is 14.6. The molecule has 5 nitrogen and oxygen atoms in total. The lowest BCUT2D eigenvalue weighted by atomic mass is 9.98. The van der Waals surface area contributed by atoms with E-state index in [1.807, 2.05) is 23.2 Å². The highest BCUT2D eigenvalue weighted by molar-refractivity contribution is 5.89. The first-order valence-corrected chi connectivity index (χ1v) is 10.5. The number of amides is 2. The summed E-state index contributed by atoms with van der Waals surface area (Å²) in [4.78, 5) is 32.4. The minimum atomic E-state index is -0.275. The summed E-state index contributed by atoms with van der Waals surface area (Å²) in [5.74, 6) is -0.441. The first-order valence-electron chi connectivity index (χ1n) is 10.5.